The van der Waals surface area contributed by atoms with Gasteiger partial charge in [0.2, 0.25) is 0 Å². The Morgan fingerprint density at radius 1 is 1.32 bits per heavy atom. The topological polar surface area (TPSA) is 47.0 Å². The van der Waals surface area contributed by atoms with Crippen LogP contribution in [-0.4, -0.2) is 35.9 Å². The number of ether oxygens (including phenoxy) is 1. The normalized spacial score (nSPS) is 11.7. The van der Waals surface area contributed by atoms with Crippen LogP contribution >= 0.6 is 15.9 Å². The maximum absolute atomic E-state index is 11.9. The highest BCUT2D eigenvalue weighted by molar-refractivity contribution is 9.10. The highest BCUT2D eigenvalue weighted by atomic mass is 79.9. The van der Waals surface area contributed by atoms with E-state index in [9.17, 15) is 13.2 Å². The molecule has 0 aliphatic heterocycles. The van der Waals surface area contributed by atoms with Crippen molar-refractivity contribution in [1.29, 1.82) is 0 Å². The third kappa shape index (κ3) is 5.73. The number of rotatable bonds is 6. The molecule has 1 rings (SSSR count). The molecule has 0 amide bonds. The van der Waals surface area contributed by atoms with Gasteiger partial charge in [0.1, 0.15) is 18.2 Å². The van der Waals surface area contributed by atoms with E-state index in [0.29, 0.717) is 18.2 Å². The lowest BCUT2D eigenvalue weighted by molar-refractivity contribution is -0.173. The van der Waals surface area contributed by atoms with E-state index in [4.69, 9.17) is 0 Å². The Bertz CT molecular complexity index is 426. The minimum atomic E-state index is -4.30. The van der Waals surface area contributed by atoms with Crippen molar-refractivity contribution < 1.29 is 17.9 Å². The van der Waals surface area contributed by atoms with Crippen molar-refractivity contribution in [3.05, 3.63) is 16.0 Å². The molecule has 19 heavy (non-hydrogen) atoms. The molecule has 0 atom stereocenters. The number of hydrogen-bond donors (Lipinski definition) is 1. The largest absolute Gasteiger partial charge is 0.411 e. The zero-order valence-corrected chi connectivity index (χ0v) is 12.2. The van der Waals surface area contributed by atoms with E-state index in [1.165, 1.54) is 0 Å². The van der Waals surface area contributed by atoms with Crippen LogP contribution in [-0.2, 0) is 11.2 Å². The average Bonchev–Trinajstić information content (AvgIpc) is 2.30. The fraction of sp³-hybridized carbons (Fsp3) is 0.636. The molecule has 1 aromatic rings. The molecular weight excluding hydrogens is 327 g/mol. The molecule has 4 nitrogen and oxygen atoms in total. The van der Waals surface area contributed by atoms with Crippen molar-refractivity contribution >= 4 is 21.7 Å². The fourth-order valence-corrected chi connectivity index (χ4v) is 1.68. The zero-order valence-electron chi connectivity index (χ0n) is 10.6. The number of anilines is 1. The van der Waals surface area contributed by atoms with E-state index in [2.05, 4.69) is 36.0 Å². The summed E-state index contributed by atoms with van der Waals surface area (Å²) in [6.45, 7) is 3.11. The quantitative estimate of drug-likeness (QED) is 0.807. The number of aromatic nitrogens is 2. The monoisotopic (exact) mass is 341 g/mol. The Kier molecular flexibility index (Phi) is 5.99. The molecule has 0 saturated heterocycles. The first-order valence-corrected chi connectivity index (χ1v) is 6.54. The van der Waals surface area contributed by atoms with Crippen molar-refractivity contribution in [2.75, 3.05) is 25.1 Å². The van der Waals surface area contributed by atoms with E-state index < -0.39 is 12.8 Å². The Morgan fingerprint density at radius 2 is 2.00 bits per heavy atom. The molecule has 1 N–H and O–H groups in total. The maximum atomic E-state index is 11.9. The zero-order chi connectivity index (χ0) is 14.5. The molecule has 1 aromatic heterocycles. The minimum Gasteiger partial charge on any atom is -0.372 e. The molecule has 8 heteroatoms. The molecule has 0 aromatic carbocycles. The van der Waals surface area contributed by atoms with Gasteiger partial charge in [0.05, 0.1) is 16.8 Å². The van der Waals surface area contributed by atoms with Crippen LogP contribution in [0.1, 0.15) is 18.4 Å². The number of alkyl halides is 3. The van der Waals surface area contributed by atoms with Crippen LogP contribution in [0.3, 0.4) is 0 Å². The van der Waals surface area contributed by atoms with Gasteiger partial charge in [-0.3, -0.25) is 0 Å². The first-order chi connectivity index (χ1) is 8.83. The summed E-state index contributed by atoms with van der Waals surface area (Å²) in [5.41, 5.74) is 0.733. The summed E-state index contributed by atoms with van der Waals surface area (Å²) in [5.74, 6) is 1.10. The number of nitrogens with one attached hydrogen (secondary N) is 1. The van der Waals surface area contributed by atoms with Gasteiger partial charge in [0.15, 0.2) is 0 Å². The molecule has 0 aliphatic carbocycles. The molecule has 1 heterocycles. The van der Waals surface area contributed by atoms with Crippen LogP contribution in [0.5, 0.6) is 0 Å². The number of aryl methyl sites for hydroxylation is 1. The van der Waals surface area contributed by atoms with Gasteiger partial charge in [-0.2, -0.15) is 13.2 Å². The summed E-state index contributed by atoms with van der Waals surface area (Å²) < 4.78 is 41.0. The fourth-order valence-electron chi connectivity index (χ4n) is 1.36. The summed E-state index contributed by atoms with van der Waals surface area (Å²) in [4.78, 5) is 8.42. The van der Waals surface area contributed by atoms with Crippen molar-refractivity contribution in [3.63, 3.8) is 0 Å². The first-order valence-electron chi connectivity index (χ1n) is 5.75. The molecule has 0 fully saturated rings. The third-order valence-corrected chi connectivity index (χ3v) is 3.09. The standard InChI is InChI=1S/C11H15BrF3N3O/c1-3-16-10-9(12)7(2)17-8(18-10)4-5-19-6-11(13,14)15/h3-6H2,1-2H3,(H,16,17,18). The van der Waals surface area contributed by atoms with Crippen LogP contribution in [0.4, 0.5) is 19.0 Å². The lowest BCUT2D eigenvalue weighted by atomic mass is 10.3. The van der Waals surface area contributed by atoms with Gasteiger partial charge in [-0.15, -0.1) is 0 Å². The smallest absolute Gasteiger partial charge is 0.372 e. The lowest BCUT2D eigenvalue weighted by Gasteiger charge is -2.10. The molecule has 108 valence electrons. The summed E-state index contributed by atoms with van der Waals surface area (Å²) >= 11 is 3.36. The maximum Gasteiger partial charge on any atom is 0.411 e. The molecule has 0 radical (unpaired) electrons. The van der Waals surface area contributed by atoms with E-state index in [1.807, 2.05) is 6.92 Å². The summed E-state index contributed by atoms with van der Waals surface area (Å²) in [6.07, 6.45) is -4.06. The Labute approximate surface area is 117 Å². The van der Waals surface area contributed by atoms with Gasteiger partial charge in [-0.25, -0.2) is 9.97 Å². The molecule has 0 spiro atoms. The average molecular weight is 342 g/mol. The minimum absolute atomic E-state index is 0.0633. The van der Waals surface area contributed by atoms with Gasteiger partial charge in [-0.05, 0) is 29.8 Å². The van der Waals surface area contributed by atoms with Crippen LogP contribution in [0.25, 0.3) is 0 Å². The number of nitrogens with zero attached hydrogens (tertiary/aromatic N) is 2. The summed E-state index contributed by atoms with van der Waals surface area (Å²) in [5, 5.41) is 3.05. The van der Waals surface area contributed by atoms with E-state index in [0.717, 1.165) is 10.2 Å². The lowest BCUT2D eigenvalue weighted by Crippen LogP contribution is -2.18. The highest BCUT2D eigenvalue weighted by Crippen LogP contribution is 2.23. The van der Waals surface area contributed by atoms with E-state index in [-0.39, 0.29) is 13.0 Å². The number of hydrogen-bond acceptors (Lipinski definition) is 4. The van der Waals surface area contributed by atoms with E-state index in [1.54, 1.807) is 6.92 Å². The van der Waals surface area contributed by atoms with Crippen molar-refractivity contribution in [2.24, 2.45) is 0 Å². The molecular formula is C11H15BrF3N3O. The van der Waals surface area contributed by atoms with Gasteiger partial charge < -0.3 is 10.1 Å². The predicted octanol–water partition coefficient (Wildman–Crippen LogP) is 3.10. The molecule has 0 bridgehead atoms. The second-order valence-electron chi connectivity index (χ2n) is 3.84. The SMILES string of the molecule is CCNc1nc(CCOCC(F)(F)F)nc(C)c1Br. The summed E-state index contributed by atoms with van der Waals surface area (Å²) in [7, 11) is 0. The molecule has 0 saturated carbocycles. The van der Waals surface area contributed by atoms with Crippen molar-refractivity contribution in [3.8, 4) is 0 Å². The summed E-state index contributed by atoms with van der Waals surface area (Å²) in [6, 6.07) is 0. The number of halogens is 4. The Morgan fingerprint density at radius 3 is 2.58 bits per heavy atom. The van der Waals surface area contributed by atoms with Gasteiger partial charge in [0.25, 0.3) is 0 Å². The van der Waals surface area contributed by atoms with E-state index >= 15 is 0 Å². The molecule has 0 unspecified atom stereocenters. The van der Waals surface area contributed by atoms with Crippen molar-refractivity contribution in [1.82, 2.24) is 9.97 Å². The predicted molar refractivity (Wildman–Crippen MR) is 69.2 cm³/mol. The van der Waals surface area contributed by atoms with Crippen LogP contribution in [0.2, 0.25) is 0 Å². The van der Waals surface area contributed by atoms with Gasteiger partial charge in [-0.1, -0.05) is 0 Å². The third-order valence-electron chi connectivity index (χ3n) is 2.14. The molecule has 0 aliphatic rings. The van der Waals surface area contributed by atoms with Crippen LogP contribution in [0, 0.1) is 6.92 Å². The van der Waals surface area contributed by atoms with Crippen molar-refractivity contribution in [2.45, 2.75) is 26.4 Å². The second-order valence-corrected chi connectivity index (χ2v) is 4.63. The Hall–Kier alpha value is -0.890. The van der Waals surface area contributed by atoms with Gasteiger partial charge >= 0.3 is 6.18 Å². The Balaban J connectivity index is 2.59. The van der Waals surface area contributed by atoms with Crippen LogP contribution in [0.15, 0.2) is 4.47 Å². The first kappa shape index (κ1) is 16.2. The van der Waals surface area contributed by atoms with Crippen LogP contribution < -0.4 is 5.32 Å². The van der Waals surface area contributed by atoms with Gasteiger partial charge in [0, 0.05) is 13.0 Å². The highest BCUT2D eigenvalue weighted by Gasteiger charge is 2.27. The second kappa shape index (κ2) is 7.04.